The van der Waals surface area contributed by atoms with E-state index < -0.39 is 10.0 Å². The first kappa shape index (κ1) is 22.8. The fraction of sp³-hybridized carbons (Fsp3) is 0.333. The Morgan fingerprint density at radius 2 is 1.58 bits per heavy atom. The monoisotopic (exact) mass is 467 g/mol. The third kappa shape index (κ3) is 5.19. The molecule has 0 bridgehead atoms. The van der Waals surface area contributed by atoms with Gasteiger partial charge in [-0.25, -0.2) is 18.4 Å². The van der Waals surface area contributed by atoms with Gasteiger partial charge < -0.3 is 15.0 Å². The number of ether oxygens (including phenoxy) is 1. The topological polar surface area (TPSA) is 96.5 Å². The maximum atomic E-state index is 13.0. The van der Waals surface area contributed by atoms with Gasteiger partial charge >= 0.3 is 0 Å². The predicted octanol–water partition coefficient (Wildman–Crippen LogP) is 4.56. The van der Waals surface area contributed by atoms with Crippen LogP contribution in [0.25, 0.3) is 0 Å². The Hall–Kier alpha value is -3.33. The molecule has 2 N–H and O–H groups in total. The van der Waals surface area contributed by atoms with E-state index in [0.29, 0.717) is 28.6 Å². The molecule has 3 aromatic rings. The van der Waals surface area contributed by atoms with Crippen molar-refractivity contribution in [3.63, 3.8) is 0 Å². The maximum absolute atomic E-state index is 13.0. The quantitative estimate of drug-likeness (QED) is 0.526. The zero-order chi connectivity index (χ0) is 23.6. The van der Waals surface area contributed by atoms with Gasteiger partial charge in [-0.15, -0.1) is 0 Å². The molecule has 174 valence electrons. The number of sulfonamides is 1. The van der Waals surface area contributed by atoms with Crippen molar-refractivity contribution in [3.05, 3.63) is 59.4 Å². The zero-order valence-corrected chi connectivity index (χ0v) is 20.2. The Labute approximate surface area is 195 Å². The highest BCUT2D eigenvalue weighted by Crippen LogP contribution is 2.28. The van der Waals surface area contributed by atoms with Crippen molar-refractivity contribution in [1.29, 1.82) is 0 Å². The zero-order valence-electron chi connectivity index (χ0n) is 19.3. The molecule has 2 aromatic carbocycles. The summed E-state index contributed by atoms with van der Waals surface area (Å²) in [5, 5.41) is 3.29. The molecular formula is C24H29N5O3S. The number of benzene rings is 2. The lowest BCUT2D eigenvalue weighted by Gasteiger charge is -2.18. The molecule has 9 heteroatoms. The van der Waals surface area contributed by atoms with Crippen molar-refractivity contribution < 1.29 is 13.2 Å². The van der Waals surface area contributed by atoms with E-state index in [1.807, 2.05) is 32.0 Å². The lowest BCUT2D eigenvalue weighted by atomic mass is 10.1. The molecule has 0 atom stereocenters. The van der Waals surface area contributed by atoms with Gasteiger partial charge in [0.1, 0.15) is 23.2 Å². The van der Waals surface area contributed by atoms with Crippen molar-refractivity contribution in [3.8, 4) is 5.75 Å². The number of nitrogens with zero attached hydrogens (tertiary/aromatic N) is 3. The number of aromatic nitrogens is 2. The van der Waals surface area contributed by atoms with Crippen LogP contribution in [0.3, 0.4) is 0 Å². The summed E-state index contributed by atoms with van der Waals surface area (Å²) in [7, 11) is -2.17. The van der Waals surface area contributed by atoms with E-state index in [4.69, 9.17) is 4.74 Å². The van der Waals surface area contributed by atoms with E-state index in [1.54, 1.807) is 38.3 Å². The Morgan fingerprint density at radius 1 is 0.909 bits per heavy atom. The van der Waals surface area contributed by atoms with Crippen molar-refractivity contribution in [2.24, 2.45) is 0 Å². The van der Waals surface area contributed by atoms with E-state index >= 15 is 0 Å². The van der Waals surface area contributed by atoms with Gasteiger partial charge in [0, 0.05) is 30.5 Å². The first-order valence-corrected chi connectivity index (χ1v) is 12.4. The van der Waals surface area contributed by atoms with E-state index in [9.17, 15) is 8.42 Å². The minimum Gasteiger partial charge on any atom is -0.496 e. The van der Waals surface area contributed by atoms with Crippen LogP contribution in [-0.4, -0.2) is 38.6 Å². The summed E-state index contributed by atoms with van der Waals surface area (Å²) in [5.74, 6) is 3.00. The van der Waals surface area contributed by atoms with Crippen LogP contribution in [0.15, 0.2) is 47.4 Å². The molecule has 2 heterocycles. The highest BCUT2D eigenvalue weighted by molar-refractivity contribution is 7.92. The number of rotatable bonds is 7. The molecule has 1 aliphatic rings. The van der Waals surface area contributed by atoms with E-state index in [-0.39, 0.29) is 4.90 Å². The second-order valence-electron chi connectivity index (χ2n) is 8.25. The van der Waals surface area contributed by atoms with Crippen LogP contribution >= 0.6 is 0 Å². The van der Waals surface area contributed by atoms with Gasteiger partial charge in [-0.3, -0.25) is 4.72 Å². The average molecular weight is 468 g/mol. The van der Waals surface area contributed by atoms with Gasteiger partial charge in [-0.05, 0) is 81.1 Å². The summed E-state index contributed by atoms with van der Waals surface area (Å²) in [4.78, 5) is 11.5. The summed E-state index contributed by atoms with van der Waals surface area (Å²) < 4.78 is 33.9. The normalized spacial score (nSPS) is 13.8. The van der Waals surface area contributed by atoms with Crippen molar-refractivity contribution in [2.45, 2.75) is 38.5 Å². The molecule has 1 saturated heterocycles. The molecule has 1 aromatic heterocycles. The van der Waals surface area contributed by atoms with Crippen LogP contribution in [0.2, 0.25) is 0 Å². The average Bonchev–Trinajstić information content (AvgIpc) is 3.31. The molecule has 0 amide bonds. The molecule has 4 rings (SSSR count). The highest BCUT2D eigenvalue weighted by Gasteiger charge is 2.19. The molecule has 0 spiro atoms. The van der Waals surface area contributed by atoms with Crippen molar-refractivity contribution >= 4 is 33.0 Å². The van der Waals surface area contributed by atoms with Gasteiger partial charge in [0.15, 0.2) is 0 Å². The first-order chi connectivity index (χ1) is 15.7. The van der Waals surface area contributed by atoms with E-state index in [2.05, 4.69) is 24.9 Å². The maximum Gasteiger partial charge on any atom is 0.262 e. The second kappa shape index (κ2) is 9.27. The summed E-state index contributed by atoms with van der Waals surface area (Å²) in [5.41, 5.74) is 2.66. The molecule has 0 unspecified atom stereocenters. The van der Waals surface area contributed by atoms with E-state index in [1.165, 1.54) is 12.8 Å². The van der Waals surface area contributed by atoms with Gasteiger partial charge in [-0.2, -0.15) is 0 Å². The molecule has 33 heavy (non-hydrogen) atoms. The van der Waals surface area contributed by atoms with Crippen LogP contribution in [0.1, 0.15) is 29.8 Å². The number of hydrogen-bond acceptors (Lipinski definition) is 7. The standard InChI is InChI=1S/C24H29N5O3S/c1-16-14-22(17(2)13-21(16)32-4)33(30,31)28-20-9-7-19(8-10-20)27-23-15-24(26-18(3)25-23)29-11-5-6-12-29/h7-10,13-15,28H,5-6,11-12H2,1-4H3,(H,25,26,27). The lowest BCUT2D eigenvalue weighted by Crippen LogP contribution is -2.19. The SMILES string of the molecule is COc1cc(C)c(S(=O)(=O)Nc2ccc(Nc3cc(N4CCCC4)nc(C)n3)cc2)cc1C. The molecule has 1 aliphatic heterocycles. The third-order valence-electron chi connectivity index (χ3n) is 5.65. The number of methoxy groups -OCH3 is 1. The summed E-state index contributed by atoms with van der Waals surface area (Å²) in [6, 6.07) is 12.4. The third-order valence-corrected chi connectivity index (χ3v) is 7.17. The second-order valence-corrected chi connectivity index (χ2v) is 9.90. The summed E-state index contributed by atoms with van der Waals surface area (Å²) in [6.07, 6.45) is 2.36. The van der Waals surface area contributed by atoms with E-state index in [0.717, 1.165) is 30.2 Å². The molecular weight excluding hydrogens is 438 g/mol. The number of anilines is 4. The lowest BCUT2D eigenvalue weighted by molar-refractivity contribution is 0.411. The largest absolute Gasteiger partial charge is 0.496 e. The fourth-order valence-electron chi connectivity index (χ4n) is 3.98. The van der Waals surface area contributed by atoms with Crippen LogP contribution in [0.4, 0.5) is 23.0 Å². The highest BCUT2D eigenvalue weighted by atomic mass is 32.2. The van der Waals surface area contributed by atoms with Crippen LogP contribution < -0.4 is 19.7 Å². The molecule has 8 nitrogen and oxygen atoms in total. The van der Waals surface area contributed by atoms with Gasteiger partial charge in [-0.1, -0.05) is 0 Å². The fourth-order valence-corrected chi connectivity index (χ4v) is 5.35. The van der Waals surface area contributed by atoms with Gasteiger partial charge in [0.2, 0.25) is 0 Å². The number of nitrogens with one attached hydrogen (secondary N) is 2. The summed E-state index contributed by atoms with van der Waals surface area (Å²) >= 11 is 0. The van der Waals surface area contributed by atoms with Gasteiger partial charge in [0.25, 0.3) is 10.0 Å². The minimum absolute atomic E-state index is 0.230. The summed E-state index contributed by atoms with van der Waals surface area (Å²) in [6.45, 7) is 7.48. The Bertz CT molecular complexity index is 1250. The Morgan fingerprint density at radius 3 is 2.24 bits per heavy atom. The van der Waals surface area contributed by atoms with Gasteiger partial charge in [0.05, 0.1) is 12.0 Å². The predicted molar refractivity (Wildman–Crippen MR) is 131 cm³/mol. The van der Waals surface area contributed by atoms with Crippen LogP contribution in [0.5, 0.6) is 5.75 Å². The Balaban J connectivity index is 1.49. The number of aryl methyl sites for hydroxylation is 3. The first-order valence-electron chi connectivity index (χ1n) is 10.9. The molecule has 0 radical (unpaired) electrons. The molecule has 0 aliphatic carbocycles. The van der Waals surface area contributed by atoms with Crippen molar-refractivity contribution in [1.82, 2.24) is 9.97 Å². The molecule has 1 fully saturated rings. The number of hydrogen-bond donors (Lipinski definition) is 2. The Kier molecular flexibility index (Phi) is 6.42. The van der Waals surface area contributed by atoms with Crippen molar-refractivity contribution in [2.75, 3.05) is 35.1 Å². The minimum atomic E-state index is -3.74. The smallest absolute Gasteiger partial charge is 0.262 e. The molecule has 0 saturated carbocycles. The van der Waals surface area contributed by atoms with Crippen LogP contribution in [-0.2, 0) is 10.0 Å². The van der Waals surface area contributed by atoms with Crippen LogP contribution in [0, 0.1) is 20.8 Å².